The SMILES string of the molecule is CCCOc1ccc(Cc2ccccc2)cc1CC(C)N.Cl. The van der Waals surface area contributed by atoms with Gasteiger partial charge in [-0.3, -0.25) is 0 Å². The number of hydrogen-bond donors (Lipinski definition) is 1. The molecule has 0 amide bonds. The number of halogens is 1. The Labute approximate surface area is 140 Å². The second kappa shape index (κ2) is 9.50. The molecule has 0 aliphatic carbocycles. The molecular formula is C19H26ClNO. The number of ether oxygens (including phenoxy) is 1. The molecule has 1 unspecified atom stereocenters. The van der Waals surface area contributed by atoms with Crippen molar-refractivity contribution < 1.29 is 4.74 Å². The van der Waals surface area contributed by atoms with Crippen molar-refractivity contribution >= 4 is 12.4 Å². The van der Waals surface area contributed by atoms with Crippen molar-refractivity contribution in [3.05, 3.63) is 65.2 Å². The van der Waals surface area contributed by atoms with Crippen LogP contribution in [0.1, 0.15) is 37.0 Å². The molecule has 1 atom stereocenters. The summed E-state index contributed by atoms with van der Waals surface area (Å²) in [5.74, 6) is 0.978. The van der Waals surface area contributed by atoms with Crippen LogP contribution in [0.2, 0.25) is 0 Å². The summed E-state index contributed by atoms with van der Waals surface area (Å²) in [7, 11) is 0. The molecule has 2 rings (SSSR count). The van der Waals surface area contributed by atoms with E-state index in [0.717, 1.165) is 31.6 Å². The fraction of sp³-hybridized carbons (Fsp3) is 0.368. The second-order valence-corrected chi connectivity index (χ2v) is 5.63. The molecule has 0 bridgehead atoms. The molecule has 0 aliphatic heterocycles. The summed E-state index contributed by atoms with van der Waals surface area (Å²) >= 11 is 0. The highest BCUT2D eigenvalue weighted by molar-refractivity contribution is 5.85. The van der Waals surface area contributed by atoms with E-state index in [9.17, 15) is 0 Å². The molecule has 0 heterocycles. The van der Waals surface area contributed by atoms with Crippen LogP contribution in [0, 0.1) is 0 Å². The maximum Gasteiger partial charge on any atom is 0.122 e. The zero-order valence-electron chi connectivity index (χ0n) is 13.4. The van der Waals surface area contributed by atoms with Crippen LogP contribution in [0.3, 0.4) is 0 Å². The highest BCUT2D eigenvalue weighted by Gasteiger charge is 2.08. The van der Waals surface area contributed by atoms with Gasteiger partial charge in [-0.1, -0.05) is 49.4 Å². The fourth-order valence-corrected chi connectivity index (χ4v) is 2.43. The standard InChI is InChI=1S/C19H25NO.ClH/c1-3-11-21-19-10-9-17(14-18(19)12-15(2)20)13-16-7-5-4-6-8-16;/h4-10,14-15H,3,11-13,20H2,1-2H3;1H. The highest BCUT2D eigenvalue weighted by atomic mass is 35.5. The van der Waals surface area contributed by atoms with E-state index in [-0.39, 0.29) is 18.4 Å². The summed E-state index contributed by atoms with van der Waals surface area (Å²) in [5.41, 5.74) is 9.82. The maximum absolute atomic E-state index is 5.97. The van der Waals surface area contributed by atoms with Gasteiger partial charge in [0.05, 0.1) is 6.61 Å². The molecule has 0 aromatic heterocycles. The van der Waals surface area contributed by atoms with Crippen LogP contribution in [0.15, 0.2) is 48.5 Å². The van der Waals surface area contributed by atoms with E-state index in [4.69, 9.17) is 10.5 Å². The lowest BCUT2D eigenvalue weighted by atomic mass is 9.99. The first-order valence-corrected chi connectivity index (χ1v) is 7.73. The molecule has 2 nitrogen and oxygen atoms in total. The minimum absolute atomic E-state index is 0. The topological polar surface area (TPSA) is 35.2 Å². The van der Waals surface area contributed by atoms with Crippen LogP contribution < -0.4 is 10.5 Å². The average Bonchev–Trinajstić information content (AvgIpc) is 2.47. The molecule has 0 saturated carbocycles. The fourth-order valence-electron chi connectivity index (χ4n) is 2.43. The lowest BCUT2D eigenvalue weighted by molar-refractivity contribution is 0.313. The monoisotopic (exact) mass is 319 g/mol. The van der Waals surface area contributed by atoms with Gasteiger partial charge in [0.15, 0.2) is 0 Å². The molecule has 120 valence electrons. The molecule has 0 radical (unpaired) electrons. The van der Waals surface area contributed by atoms with Crippen molar-refractivity contribution in [3.8, 4) is 5.75 Å². The Hall–Kier alpha value is -1.51. The van der Waals surface area contributed by atoms with E-state index in [1.165, 1.54) is 16.7 Å². The number of nitrogens with two attached hydrogens (primary N) is 1. The van der Waals surface area contributed by atoms with E-state index in [1.54, 1.807) is 0 Å². The third-order valence-electron chi connectivity index (χ3n) is 3.38. The van der Waals surface area contributed by atoms with Crippen molar-refractivity contribution in [1.82, 2.24) is 0 Å². The molecule has 3 heteroatoms. The van der Waals surface area contributed by atoms with Crippen LogP contribution >= 0.6 is 12.4 Å². The first-order valence-electron chi connectivity index (χ1n) is 7.73. The lowest BCUT2D eigenvalue weighted by Crippen LogP contribution is -2.18. The van der Waals surface area contributed by atoms with Gasteiger partial charge >= 0.3 is 0 Å². The maximum atomic E-state index is 5.97. The van der Waals surface area contributed by atoms with Gasteiger partial charge in [-0.15, -0.1) is 12.4 Å². The van der Waals surface area contributed by atoms with E-state index in [0.29, 0.717) is 0 Å². The van der Waals surface area contributed by atoms with Crippen molar-refractivity contribution in [2.45, 2.75) is 39.2 Å². The van der Waals surface area contributed by atoms with Crippen molar-refractivity contribution in [3.63, 3.8) is 0 Å². The predicted molar refractivity (Wildman–Crippen MR) is 96.1 cm³/mol. The molecule has 0 saturated heterocycles. The van der Waals surface area contributed by atoms with E-state index >= 15 is 0 Å². The average molecular weight is 320 g/mol. The first kappa shape index (κ1) is 18.5. The third kappa shape index (κ3) is 5.70. The van der Waals surface area contributed by atoms with Crippen LogP contribution in [0.5, 0.6) is 5.75 Å². The molecule has 0 fully saturated rings. The van der Waals surface area contributed by atoms with Crippen LogP contribution in [0.25, 0.3) is 0 Å². The smallest absolute Gasteiger partial charge is 0.122 e. The summed E-state index contributed by atoms with van der Waals surface area (Å²) in [4.78, 5) is 0. The van der Waals surface area contributed by atoms with Crippen LogP contribution in [-0.4, -0.2) is 12.6 Å². The Balaban J connectivity index is 0.00000242. The first-order chi connectivity index (χ1) is 10.2. The summed E-state index contributed by atoms with van der Waals surface area (Å²) in [5, 5.41) is 0. The second-order valence-electron chi connectivity index (χ2n) is 5.63. The van der Waals surface area contributed by atoms with Crippen molar-refractivity contribution in [1.29, 1.82) is 0 Å². The van der Waals surface area contributed by atoms with E-state index in [1.807, 2.05) is 13.0 Å². The van der Waals surface area contributed by atoms with Crippen molar-refractivity contribution in [2.24, 2.45) is 5.73 Å². The number of rotatable bonds is 7. The van der Waals surface area contributed by atoms with Gasteiger partial charge in [0.25, 0.3) is 0 Å². The molecule has 2 aromatic rings. The predicted octanol–water partition coefficient (Wildman–Crippen LogP) is 4.38. The van der Waals surface area contributed by atoms with Crippen LogP contribution in [-0.2, 0) is 12.8 Å². The zero-order chi connectivity index (χ0) is 15.1. The van der Waals surface area contributed by atoms with Gasteiger partial charge in [-0.05, 0) is 48.9 Å². The van der Waals surface area contributed by atoms with Crippen LogP contribution in [0.4, 0.5) is 0 Å². The van der Waals surface area contributed by atoms with E-state index < -0.39 is 0 Å². The van der Waals surface area contributed by atoms with Gasteiger partial charge in [-0.25, -0.2) is 0 Å². The summed E-state index contributed by atoms with van der Waals surface area (Å²) in [6, 6.07) is 17.1. The normalized spacial score (nSPS) is 11.6. The molecule has 0 spiro atoms. The van der Waals surface area contributed by atoms with Gasteiger partial charge in [-0.2, -0.15) is 0 Å². The Morgan fingerprint density at radius 2 is 1.77 bits per heavy atom. The Kier molecular flexibility index (Phi) is 8.00. The Morgan fingerprint density at radius 3 is 2.41 bits per heavy atom. The summed E-state index contributed by atoms with van der Waals surface area (Å²) in [6.45, 7) is 4.91. The van der Waals surface area contributed by atoms with Gasteiger partial charge in [0.2, 0.25) is 0 Å². The van der Waals surface area contributed by atoms with Crippen molar-refractivity contribution in [2.75, 3.05) is 6.61 Å². The quantitative estimate of drug-likeness (QED) is 0.822. The molecule has 22 heavy (non-hydrogen) atoms. The summed E-state index contributed by atoms with van der Waals surface area (Å²) in [6.07, 6.45) is 2.81. The molecule has 0 aliphatic rings. The molecule has 2 aromatic carbocycles. The van der Waals surface area contributed by atoms with Gasteiger partial charge in [0, 0.05) is 6.04 Å². The number of hydrogen-bond acceptors (Lipinski definition) is 2. The Bertz CT molecular complexity index is 555. The largest absolute Gasteiger partial charge is 0.493 e. The number of benzene rings is 2. The minimum Gasteiger partial charge on any atom is -0.493 e. The van der Waals surface area contributed by atoms with E-state index in [2.05, 4.69) is 49.4 Å². The third-order valence-corrected chi connectivity index (χ3v) is 3.38. The zero-order valence-corrected chi connectivity index (χ0v) is 14.2. The van der Waals surface area contributed by atoms with Gasteiger partial charge < -0.3 is 10.5 Å². The minimum atomic E-state index is 0. The lowest BCUT2D eigenvalue weighted by Gasteiger charge is -2.14. The highest BCUT2D eigenvalue weighted by Crippen LogP contribution is 2.23. The van der Waals surface area contributed by atoms with Gasteiger partial charge in [0.1, 0.15) is 5.75 Å². The molecular weight excluding hydrogens is 294 g/mol. The Morgan fingerprint density at radius 1 is 1.05 bits per heavy atom. The molecule has 2 N–H and O–H groups in total. The summed E-state index contributed by atoms with van der Waals surface area (Å²) < 4.78 is 5.84.